The average Bonchev–Trinajstić information content (AvgIpc) is 2.73. The molecule has 0 fully saturated rings. The normalized spacial score (nSPS) is 11.2. The molecule has 0 bridgehead atoms. The lowest BCUT2D eigenvalue weighted by Gasteiger charge is -2.15. The van der Waals surface area contributed by atoms with Gasteiger partial charge in [-0.25, -0.2) is 4.79 Å². The molecule has 0 aromatic heterocycles. The molecule has 0 spiro atoms. The van der Waals surface area contributed by atoms with Crippen LogP contribution in [0.3, 0.4) is 0 Å². The van der Waals surface area contributed by atoms with Crippen LogP contribution in [0.5, 0.6) is 11.5 Å². The highest BCUT2D eigenvalue weighted by molar-refractivity contribution is 6.33. The number of rotatable bonds is 8. The molecule has 2 rings (SSSR count). The van der Waals surface area contributed by atoms with Gasteiger partial charge < -0.3 is 19.5 Å². The Hall–Kier alpha value is -3.93. The minimum absolute atomic E-state index is 0.0213. The van der Waals surface area contributed by atoms with Crippen molar-refractivity contribution in [2.75, 3.05) is 19.5 Å². The molecule has 2 aromatic rings. The fourth-order valence-electron chi connectivity index (χ4n) is 2.42. The number of amides is 1. The van der Waals surface area contributed by atoms with Gasteiger partial charge in [0.15, 0.2) is 17.6 Å². The molecule has 0 aliphatic rings. The Labute approximate surface area is 180 Å². The van der Waals surface area contributed by atoms with E-state index in [0.717, 1.165) is 24.3 Å². The molecule has 1 atom stereocenters. The molecule has 0 radical (unpaired) electrons. The summed E-state index contributed by atoms with van der Waals surface area (Å²) in [6.45, 7) is 1.21. The van der Waals surface area contributed by atoms with Crippen LogP contribution in [0.4, 0.5) is 17.1 Å². The molecule has 12 nitrogen and oxygen atoms in total. The average molecular weight is 454 g/mol. The second-order valence-electron chi connectivity index (χ2n) is 5.94. The minimum atomic E-state index is -1.42. The van der Waals surface area contributed by atoms with Gasteiger partial charge in [0.05, 0.1) is 40.8 Å². The molecule has 1 unspecified atom stereocenters. The van der Waals surface area contributed by atoms with Crippen molar-refractivity contribution in [3.05, 3.63) is 61.1 Å². The van der Waals surface area contributed by atoms with E-state index in [-0.39, 0.29) is 27.9 Å². The van der Waals surface area contributed by atoms with Gasteiger partial charge in [0.1, 0.15) is 5.56 Å². The molecule has 2 aromatic carbocycles. The fourth-order valence-corrected chi connectivity index (χ4v) is 2.58. The van der Waals surface area contributed by atoms with E-state index in [4.69, 9.17) is 25.8 Å². The Balaban J connectivity index is 2.24. The number of ether oxygens (including phenoxy) is 3. The zero-order chi connectivity index (χ0) is 23.3. The van der Waals surface area contributed by atoms with Crippen LogP contribution in [0.2, 0.25) is 5.02 Å². The van der Waals surface area contributed by atoms with Gasteiger partial charge in [0.2, 0.25) is 0 Å². The molecule has 0 saturated carbocycles. The summed E-state index contributed by atoms with van der Waals surface area (Å²) < 4.78 is 15.0. The number of nitrogens with zero attached hydrogens (tertiary/aromatic N) is 2. The molecular weight excluding hydrogens is 438 g/mol. The Kier molecular flexibility index (Phi) is 7.32. The van der Waals surface area contributed by atoms with Crippen LogP contribution in [-0.2, 0) is 9.53 Å². The largest absolute Gasteiger partial charge is 0.493 e. The van der Waals surface area contributed by atoms with Crippen molar-refractivity contribution in [1.29, 1.82) is 0 Å². The second-order valence-corrected chi connectivity index (χ2v) is 6.35. The lowest BCUT2D eigenvalue weighted by atomic mass is 10.1. The van der Waals surface area contributed by atoms with Crippen molar-refractivity contribution in [2.24, 2.45) is 0 Å². The van der Waals surface area contributed by atoms with Gasteiger partial charge in [-0.2, -0.15) is 0 Å². The molecule has 0 aliphatic heterocycles. The van der Waals surface area contributed by atoms with Gasteiger partial charge in [0.25, 0.3) is 17.3 Å². The molecule has 13 heteroatoms. The molecule has 164 valence electrons. The van der Waals surface area contributed by atoms with Crippen LogP contribution >= 0.6 is 11.6 Å². The summed E-state index contributed by atoms with van der Waals surface area (Å²) in [5, 5.41) is 24.5. The quantitative estimate of drug-likeness (QED) is 0.359. The number of nitro benzene ring substituents is 2. The van der Waals surface area contributed by atoms with E-state index in [1.165, 1.54) is 27.2 Å². The number of esters is 1. The smallest absolute Gasteiger partial charge is 0.346 e. The van der Waals surface area contributed by atoms with E-state index >= 15 is 0 Å². The number of anilines is 1. The number of carbonyl (C=O) groups is 2. The molecule has 0 saturated heterocycles. The van der Waals surface area contributed by atoms with E-state index < -0.39 is 39.1 Å². The summed E-state index contributed by atoms with van der Waals surface area (Å²) in [5.41, 5.74) is -1.46. The molecule has 1 amide bonds. The third kappa shape index (κ3) is 5.36. The van der Waals surface area contributed by atoms with Crippen molar-refractivity contribution >= 4 is 40.5 Å². The third-order valence-electron chi connectivity index (χ3n) is 3.99. The van der Waals surface area contributed by atoms with Crippen LogP contribution in [0.25, 0.3) is 0 Å². The maximum atomic E-state index is 12.5. The van der Waals surface area contributed by atoms with Gasteiger partial charge in [-0.05, 0) is 13.0 Å². The maximum absolute atomic E-state index is 12.5. The van der Waals surface area contributed by atoms with Crippen LogP contribution in [-0.4, -0.2) is 42.0 Å². The Morgan fingerprint density at radius 1 is 1.03 bits per heavy atom. The van der Waals surface area contributed by atoms with Crippen molar-refractivity contribution < 1.29 is 33.6 Å². The minimum Gasteiger partial charge on any atom is -0.493 e. The van der Waals surface area contributed by atoms with E-state index in [1.54, 1.807) is 0 Å². The topological polar surface area (TPSA) is 160 Å². The predicted octanol–water partition coefficient (Wildman–Crippen LogP) is 3.36. The first-order chi connectivity index (χ1) is 14.6. The van der Waals surface area contributed by atoms with Crippen molar-refractivity contribution in [2.45, 2.75) is 13.0 Å². The summed E-state index contributed by atoms with van der Waals surface area (Å²) in [6.07, 6.45) is -1.42. The van der Waals surface area contributed by atoms with Crippen LogP contribution < -0.4 is 14.8 Å². The van der Waals surface area contributed by atoms with Gasteiger partial charge >= 0.3 is 5.97 Å². The molecular formula is C18H16ClN3O9. The van der Waals surface area contributed by atoms with E-state index in [1.807, 2.05) is 0 Å². The highest BCUT2D eigenvalue weighted by Crippen LogP contribution is 2.35. The molecule has 0 heterocycles. The second kappa shape index (κ2) is 9.71. The van der Waals surface area contributed by atoms with Crippen LogP contribution in [0.1, 0.15) is 17.3 Å². The number of nitrogens with one attached hydrogen (secondary N) is 1. The third-order valence-corrected chi connectivity index (χ3v) is 4.32. The monoisotopic (exact) mass is 453 g/mol. The SMILES string of the molecule is COc1cc(C(=O)OC(C)C(=O)Nc2cc([N+](=O)[O-])ccc2Cl)c([N+](=O)[O-])cc1OC. The standard InChI is InChI=1S/C18H16ClN3O9/c1-9(17(23)20-13-6-10(21(25)26)4-5-12(13)19)31-18(24)11-7-15(29-2)16(30-3)8-14(11)22(27)28/h4-9H,1-3H3,(H,20,23). The summed E-state index contributed by atoms with van der Waals surface area (Å²) >= 11 is 5.92. The number of hydrogen-bond donors (Lipinski definition) is 1. The predicted molar refractivity (Wildman–Crippen MR) is 108 cm³/mol. The lowest BCUT2D eigenvalue weighted by Crippen LogP contribution is -2.30. The fraction of sp³-hybridized carbons (Fsp3) is 0.222. The van der Waals surface area contributed by atoms with Crippen molar-refractivity contribution in [3.63, 3.8) is 0 Å². The van der Waals surface area contributed by atoms with Gasteiger partial charge in [-0.15, -0.1) is 0 Å². The van der Waals surface area contributed by atoms with E-state index in [9.17, 15) is 29.8 Å². The van der Waals surface area contributed by atoms with Crippen LogP contribution in [0, 0.1) is 20.2 Å². The summed E-state index contributed by atoms with van der Waals surface area (Å²) in [7, 11) is 2.54. The summed E-state index contributed by atoms with van der Waals surface area (Å²) in [4.78, 5) is 45.6. The maximum Gasteiger partial charge on any atom is 0.346 e. The number of non-ortho nitro benzene ring substituents is 1. The molecule has 0 aliphatic carbocycles. The van der Waals surface area contributed by atoms with Crippen molar-refractivity contribution in [1.82, 2.24) is 0 Å². The van der Waals surface area contributed by atoms with E-state index in [0.29, 0.717) is 0 Å². The lowest BCUT2D eigenvalue weighted by molar-refractivity contribution is -0.385. The van der Waals surface area contributed by atoms with Gasteiger partial charge in [0, 0.05) is 18.2 Å². The van der Waals surface area contributed by atoms with Crippen molar-refractivity contribution in [3.8, 4) is 11.5 Å². The summed E-state index contributed by atoms with van der Waals surface area (Å²) in [5.74, 6) is -1.96. The zero-order valence-electron chi connectivity index (χ0n) is 16.4. The Bertz CT molecular complexity index is 1060. The van der Waals surface area contributed by atoms with Gasteiger partial charge in [-0.1, -0.05) is 11.6 Å². The number of carbonyl (C=O) groups excluding carboxylic acids is 2. The first kappa shape index (κ1) is 23.3. The van der Waals surface area contributed by atoms with Crippen LogP contribution in [0.15, 0.2) is 30.3 Å². The molecule has 31 heavy (non-hydrogen) atoms. The molecule has 1 N–H and O–H groups in total. The number of hydrogen-bond acceptors (Lipinski definition) is 9. The highest BCUT2D eigenvalue weighted by atomic mass is 35.5. The number of benzene rings is 2. The first-order valence-corrected chi connectivity index (χ1v) is 8.83. The number of nitro groups is 2. The van der Waals surface area contributed by atoms with E-state index in [2.05, 4.69) is 5.32 Å². The number of methoxy groups -OCH3 is 2. The number of halogens is 1. The van der Waals surface area contributed by atoms with Gasteiger partial charge in [-0.3, -0.25) is 25.0 Å². The zero-order valence-corrected chi connectivity index (χ0v) is 17.2. The first-order valence-electron chi connectivity index (χ1n) is 8.45. The summed E-state index contributed by atoms with van der Waals surface area (Å²) in [6, 6.07) is 5.45. The Morgan fingerprint density at radius 2 is 1.65 bits per heavy atom. The highest BCUT2D eigenvalue weighted by Gasteiger charge is 2.28. The Morgan fingerprint density at radius 3 is 2.19 bits per heavy atom.